The van der Waals surface area contributed by atoms with Gasteiger partial charge < -0.3 is 4.74 Å². The van der Waals surface area contributed by atoms with Crippen LogP contribution in [0.4, 0.5) is 5.69 Å². The Morgan fingerprint density at radius 3 is 1.75 bits per heavy atom. The molecule has 0 radical (unpaired) electrons. The average Bonchev–Trinajstić information content (AvgIpc) is 3.18. The summed E-state index contributed by atoms with van der Waals surface area (Å²) >= 11 is 0. The minimum absolute atomic E-state index is 0.175. The number of hydrogen-bond donors (Lipinski definition) is 0. The monoisotopic (exact) mass is 479 g/mol. The van der Waals surface area contributed by atoms with Gasteiger partial charge in [0.05, 0.1) is 29.7 Å². The molecule has 5 nitrogen and oxygen atoms in total. The van der Waals surface area contributed by atoms with Crippen LogP contribution in [0.5, 0.6) is 0 Å². The van der Waals surface area contributed by atoms with Crippen LogP contribution in [0.15, 0.2) is 72.8 Å². The van der Waals surface area contributed by atoms with Crippen LogP contribution in [-0.4, -0.2) is 24.4 Å². The second-order valence-corrected chi connectivity index (χ2v) is 9.99. The zero-order chi connectivity index (χ0) is 24.8. The first-order chi connectivity index (χ1) is 17.6. The molecular weight excluding hydrogens is 450 g/mol. The number of esters is 1. The van der Waals surface area contributed by atoms with E-state index in [4.69, 9.17) is 4.74 Å². The summed E-state index contributed by atoms with van der Waals surface area (Å²) in [6.45, 7) is 2.46. The Bertz CT molecular complexity index is 1250. The standard InChI is InChI=1S/C31H29NO4/c1-2-3-4-11-18-36-31(35)23-16-9-10-17-24(23)32-29(33)27-25-19-12-5-6-13-20(19)26(28(27)30(32)34)22-15-8-7-14-21(22)25/h5-10,12-17,25-28H,2-4,11,18H2,1H3. The fourth-order valence-electron chi connectivity index (χ4n) is 6.53. The molecule has 2 atom stereocenters. The van der Waals surface area contributed by atoms with E-state index in [0.29, 0.717) is 12.3 Å². The van der Waals surface area contributed by atoms with Crippen molar-refractivity contribution in [1.82, 2.24) is 0 Å². The van der Waals surface area contributed by atoms with E-state index in [1.807, 2.05) is 24.3 Å². The molecule has 0 spiro atoms. The van der Waals surface area contributed by atoms with Gasteiger partial charge >= 0.3 is 5.97 Å². The molecule has 1 heterocycles. The van der Waals surface area contributed by atoms with Crippen LogP contribution in [-0.2, 0) is 14.3 Å². The van der Waals surface area contributed by atoms with Crippen molar-refractivity contribution in [2.75, 3.05) is 11.5 Å². The Kier molecular flexibility index (Phi) is 5.71. The Hall–Kier alpha value is -3.73. The molecule has 0 saturated carbocycles. The van der Waals surface area contributed by atoms with E-state index < -0.39 is 17.8 Å². The van der Waals surface area contributed by atoms with Gasteiger partial charge in [0.25, 0.3) is 0 Å². The molecule has 2 bridgehead atoms. The van der Waals surface area contributed by atoms with E-state index in [0.717, 1.165) is 47.9 Å². The highest BCUT2D eigenvalue weighted by atomic mass is 16.5. The summed E-state index contributed by atoms with van der Waals surface area (Å²) in [5, 5.41) is 0. The van der Waals surface area contributed by atoms with Crippen LogP contribution in [0, 0.1) is 11.8 Å². The summed E-state index contributed by atoms with van der Waals surface area (Å²) in [6, 6.07) is 23.2. The smallest absolute Gasteiger partial charge is 0.340 e. The van der Waals surface area contributed by atoms with Gasteiger partial charge in [-0.05, 0) is 40.8 Å². The fraction of sp³-hybridized carbons (Fsp3) is 0.323. The van der Waals surface area contributed by atoms with Crippen LogP contribution in [0.1, 0.15) is 77.1 Å². The third-order valence-corrected chi connectivity index (χ3v) is 8.04. The zero-order valence-electron chi connectivity index (χ0n) is 20.4. The van der Waals surface area contributed by atoms with Crippen LogP contribution in [0.25, 0.3) is 0 Å². The van der Waals surface area contributed by atoms with Crippen LogP contribution >= 0.6 is 0 Å². The summed E-state index contributed by atoms with van der Waals surface area (Å²) in [4.78, 5) is 42.3. The van der Waals surface area contributed by atoms with E-state index in [1.54, 1.807) is 24.3 Å². The third-order valence-electron chi connectivity index (χ3n) is 8.04. The number of benzene rings is 3. The molecule has 0 aromatic heterocycles. The molecule has 1 saturated heterocycles. The number of para-hydroxylation sites is 1. The number of anilines is 1. The van der Waals surface area contributed by atoms with Crippen molar-refractivity contribution < 1.29 is 19.1 Å². The van der Waals surface area contributed by atoms with Gasteiger partial charge in [0.1, 0.15) is 0 Å². The van der Waals surface area contributed by atoms with Crippen molar-refractivity contribution in [1.29, 1.82) is 0 Å². The quantitative estimate of drug-likeness (QED) is 0.243. The normalized spacial score (nSPS) is 23.3. The number of nitrogens with zero attached hydrogens (tertiary/aromatic N) is 1. The SMILES string of the molecule is CCCCCCOC(=O)c1ccccc1N1C(=O)C2C3c4ccccc4C(c4ccccc43)C2C1=O. The predicted octanol–water partition coefficient (Wildman–Crippen LogP) is 5.82. The zero-order valence-corrected chi connectivity index (χ0v) is 20.4. The first-order valence-electron chi connectivity index (χ1n) is 12.9. The lowest BCUT2D eigenvalue weighted by Gasteiger charge is -2.45. The number of hydrogen-bond acceptors (Lipinski definition) is 4. The van der Waals surface area contributed by atoms with Crippen LogP contribution in [0.2, 0.25) is 0 Å². The van der Waals surface area contributed by atoms with E-state index in [2.05, 4.69) is 31.2 Å². The van der Waals surface area contributed by atoms with Crippen molar-refractivity contribution in [3.8, 4) is 0 Å². The lowest BCUT2D eigenvalue weighted by atomic mass is 9.55. The van der Waals surface area contributed by atoms with Gasteiger partial charge in [-0.15, -0.1) is 0 Å². The molecule has 1 fully saturated rings. The molecule has 1 aliphatic heterocycles. The number of carbonyl (C=O) groups excluding carboxylic acids is 3. The topological polar surface area (TPSA) is 63.7 Å². The molecule has 0 N–H and O–H groups in total. The maximum atomic E-state index is 14.0. The first kappa shape index (κ1) is 22.7. The lowest BCUT2D eigenvalue weighted by molar-refractivity contribution is -0.122. The molecule has 3 aliphatic carbocycles. The summed E-state index contributed by atoms with van der Waals surface area (Å²) < 4.78 is 5.53. The highest BCUT2D eigenvalue weighted by Crippen LogP contribution is 2.61. The highest BCUT2D eigenvalue weighted by Gasteiger charge is 2.62. The Labute approximate surface area is 211 Å². The highest BCUT2D eigenvalue weighted by molar-refractivity contribution is 6.25. The number of carbonyl (C=O) groups is 3. The Morgan fingerprint density at radius 1 is 0.722 bits per heavy atom. The summed E-state index contributed by atoms with van der Waals surface area (Å²) in [5.41, 5.74) is 5.11. The van der Waals surface area contributed by atoms with Crippen molar-refractivity contribution in [2.24, 2.45) is 11.8 Å². The molecular formula is C31H29NO4. The van der Waals surface area contributed by atoms with Gasteiger partial charge in [-0.3, -0.25) is 9.59 Å². The second kappa shape index (κ2) is 9.05. The number of imide groups is 1. The van der Waals surface area contributed by atoms with E-state index >= 15 is 0 Å². The van der Waals surface area contributed by atoms with Gasteiger partial charge in [0.15, 0.2) is 0 Å². The predicted molar refractivity (Wildman–Crippen MR) is 137 cm³/mol. The minimum atomic E-state index is -0.493. The molecule has 4 aliphatic rings. The van der Waals surface area contributed by atoms with Gasteiger partial charge in [0.2, 0.25) is 11.8 Å². The van der Waals surface area contributed by atoms with Crippen molar-refractivity contribution >= 4 is 23.5 Å². The molecule has 182 valence electrons. The lowest BCUT2D eigenvalue weighted by Crippen LogP contribution is -2.41. The average molecular weight is 480 g/mol. The number of unbranched alkanes of at least 4 members (excludes halogenated alkanes) is 3. The van der Waals surface area contributed by atoms with E-state index in [9.17, 15) is 14.4 Å². The van der Waals surface area contributed by atoms with E-state index in [1.165, 1.54) is 4.90 Å². The van der Waals surface area contributed by atoms with Gasteiger partial charge in [0, 0.05) is 11.8 Å². The van der Waals surface area contributed by atoms with Crippen LogP contribution < -0.4 is 4.90 Å². The molecule has 36 heavy (non-hydrogen) atoms. The summed E-state index contributed by atoms with van der Waals surface area (Å²) in [5.74, 6) is -2.26. The number of amides is 2. The third kappa shape index (κ3) is 3.33. The van der Waals surface area contributed by atoms with E-state index in [-0.39, 0.29) is 29.2 Å². The molecule has 7 rings (SSSR count). The van der Waals surface area contributed by atoms with Crippen molar-refractivity contribution in [2.45, 2.75) is 44.4 Å². The second-order valence-electron chi connectivity index (χ2n) is 9.99. The van der Waals surface area contributed by atoms with Gasteiger partial charge in [-0.2, -0.15) is 0 Å². The Balaban J connectivity index is 1.37. The molecule has 2 amide bonds. The van der Waals surface area contributed by atoms with Gasteiger partial charge in [-0.1, -0.05) is 86.8 Å². The van der Waals surface area contributed by atoms with Crippen molar-refractivity contribution in [3.63, 3.8) is 0 Å². The number of rotatable bonds is 7. The molecule has 3 aromatic carbocycles. The first-order valence-corrected chi connectivity index (χ1v) is 12.9. The minimum Gasteiger partial charge on any atom is -0.462 e. The van der Waals surface area contributed by atoms with Crippen LogP contribution in [0.3, 0.4) is 0 Å². The molecule has 2 unspecified atom stereocenters. The fourth-order valence-corrected chi connectivity index (χ4v) is 6.53. The Morgan fingerprint density at radius 2 is 1.22 bits per heavy atom. The summed E-state index contributed by atoms with van der Waals surface area (Å²) in [6.07, 6.45) is 4.00. The summed E-state index contributed by atoms with van der Waals surface area (Å²) in [7, 11) is 0. The maximum Gasteiger partial charge on any atom is 0.340 e. The van der Waals surface area contributed by atoms with Crippen molar-refractivity contribution in [3.05, 3.63) is 101 Å². The maximum absolute atomic E-state index is 14.0. The molecule has 3 aromatic rings. The van der Waals surface area contributed by atoms with Gasteiger partial charge in [-0.25, -0.2) is 9.69 Å². The molecule has 5 heteroatoms. The number of ether oxygens (including phenoxy) is 1. The largest absolute Gasteiger partial charge is 0.462 e.